The highest BCUT2D eigenvalue weighted by molar-refractivity contribution is 6.32. The lowest BCUT2D eigenvalue weighted by Crippen LogP contribution is -2.29. The predicted octanol–water partition coefficient (Wildman–Crippen LogP) is 2.45. The Labute approximate surface area is 131 Å². The lowest BCUT2D eigenvalue weighted by molar-refractivity contribution is 0.266. The Hall–Kier alpha value is -1.07. The number of likely N-dealkylation sites (tertiary alicyclic amines) is 1. The van der Waals surface area contributed by atoms with Crippen molar-refractivity contribution < 1.29 is 0 Å². The summed E-state index contributed by atoms with van der Waals surface area (Å²) >= 11 is 6.15. The molecule has 21 heavy (non-hydrogen) atoms. The molecule has 0 amide bonds. The maximum atomic E-state index is 12.0. The van der Waals surface area contributed by atoms with Crippen molar-refractivity contribution in [1.29, 1.82) is 0 Å². The summed E-state index contributed by atoms with van der Waals surface area (Å²) in [7, 11) is 0. The molecule has 0 aromatic carbocycles. The van der Waals surface area contributed by atoms with Gasteiger partial charge < -0.3 is 10.2 Å². The van der Waals surface area contributed by atoms with Gasteiger partial charge in [-0.3, -0.25) is 4.79 Å². The average Bonchev–Trinajstić information content (AvgIpc) is 2.92. The van der Waals surface area contributed by atoms with Crippen LogP contribution in [-0.2, 0) is 6.54 Å². The average molecular weight is 313 g/mol. The number of aryl methyl sites for hydroxylation is 1. The molecule has 1 aliphatic heterocycles. The molecule has 1 N–H and O–H groups in total. The van der Waals surface area contributed by atoms with Crippen LogP contribution in [0.4, 0.5) is 5.69 Å². The highest BCUT2D eigenvalue weighted by Gasteiger charge is 2.24. The smallest absolute Gasteiger partial charge is 0.287 e. The third-order valence-electron chi connectivity index (χ3n) is 4.05. The first-order valence-corrected chi connectivity index (χ1v) is 8.14. The largest absolute Gasteiger partial charge is 0.382 e. The molecule has 1 aromatic rings. The second-order valence-electron chi connectivity index (χ2n) is 6.02. The van der Waals surface area contributed by atoms with E-state index in [4.69, 9.17) is 11.6 Å². The number of nitrogens with zero attached hydrogens (tertiary/aromatic N) is 3. The third-order valence-corrected chi connectivity index (χ3v) is 4.41. The first-order valence-electron chi connectivity index (χ1n) is 7.76. The van der Waals surface area contributed by atoms with Gasteiger partial charge in [0.1, 0.15) is 5.02 Å². The maximum Gasteiger partial charge on any atom is 0.287 e. The van der Waals surface area contributed by atoms with Crippen molar-refractivity contribution in [2.24, 2.45) is 5.92 Å². The summed E-state index contributed by atoms with van der Waals surface area (Å²) in [5, 5.41) is 7.70. The van der Waals surface area contributed by atoms with Gasteiger partial charge in [0.25, 0.3) is 5.56 Å². The minimum Gasteiger partial charge on any atom is -0.382 e. The Morgan fingerprint density at radius 2 is 2.29 bits per heavy atom. The normalized spacial score (nSPS) is 19.4. The van der Waals surface area contributed by atoms with Crippen molar-refractivity contribution in [3.63, 3.8) is 0 Å². The monoisotopic (exact) mass is 312 g/mol. The molecule has 5 nitrogen and oxygen atoms in total. The molecule has 0 spiro atoms. The Balaban J connectivity index is 1.95. The molecule has 1 saturated heterocycles. The van der Waals surface area contributed by atoms with Gasteiger partial charge in [-0.05, 0) is 39.2 Å². The molecule has 0 radical (unpaired) electrons. The summed E-state index contributed by atoms with van der Waals surface area (Å²) in [5.74, 6) is 0.599. The maximum absolute atomic E-state index is 12.0. The van der Waals surface area contributed by atoms with E-state index < -0.39 is 0 Å². The van der Waals surface area contributed by atoms with Crippen LogP contribution in [0.5, 0.6) is 0 Å². The van der Waals surface area contributed by atoms with Gasteiger partial charge >= 0.3 is 0 Å². The molecular formula is C15H25ClN4O. The minimum atomic E-state index is -0.209. The lowest BCUT2D eigenvalue weighted by Gasteiger charge is -2.20. The summed E-state index contributed by atoms with van der Waals surface area (Å²) in [6.07, 6.45) is 3.71. The molecular weight excluding hydrogens is 288 g/mol. The van der Waals surface area contributed by atoms with Crippen molar-refractivity contribution >= 4 is 17.3 Å². The summed E-state index contributed by atoms with van der Waals surface area (Å²) < 4.78 is 1.42. The van der Waals surface area contributed by atoms with Gasteiger partial charge in [-0.1, -0.05) is 18.5 Å². The fraction of sp³-hybridized carbons (Fsp3) is 0.733. The second-order valence-corrected chi connectivity index (χ2v) is 6.40. The molecule has 0 aliphatic carbocycles. The Bertz CT molecular complexity index is 529. The van der Waals surface area contributed by atoms with Crippen LogP contribution in [0.2, 0.25) is 5.02 Å². The molecule has 2 rings (SSSR count). The number of rotatable bonds is 6. The molecule has 1 unspecified atom stereocenters. The van der Waals surface area contributed by atoms with E-state index in [0.29, 0.717) is 24.2 Å². The summed E-state index contributed by atoms with van der Waals surface area (Å²) in [6, 6.07) is 0.596. The van der Waals surface area contributed by atoms with Gasteiger partial charge in [-0.25, -0.2) is 4.68 Å². The highest BCUT2D eigenvalue weighted by Crippen LogP contribution is 2.21. The van der Waals surface area contributed by atoms with Crippen LogP contribution in [0, 0.1) is 5.92 Å². The van der Waals surface area contributed by atoms with E-state index in [1.54, 1.807) is 6.20 Å². The lowest BCUT2D eigenvalue weighted by atomic mass is 10.1. The highest BCUT2D eigenvalue weighted by atomic mass is 35.5. The van der Waals surface area contributed by atoms with Crippen molar-refractivity contribution in [1.82, 2.24) is 14.7 Å². The quantitative estimate of drug-likeness (QED) is 0.876. The van der Waals surface area contributed by atoms with Crippen LogP contribution in [0.1, 0.15) is 33.6 Å². The van der Waals surface area contributed by atoms with E-state index in [1.165, 1.54) is 11.1 Å². The summed E-state index contributed by atoms with van der Waals surface area (Å²) in [6.45, 7) is 10.1. The molecule has 1 fully saturated rings. The molecule has 1 atom stereocenters. The van der Waals surface area contributed by atoms with Gasteiger partial charge in [0.15, 0.2) is 0 Å². The van der Waals surface area contributed by atoms with Gasteiger partial charge in [-0.2, -0.15) is 5.10 Å². The SMILES string of the molecule is CCCn1ncc(NCC2CCN(C(C)C)C2)c(Cl)c1=O. The number of aromatic nitrogens is 2. The molecule has 6 heteroatoms. The molecule has 2 heterocycles. The second kappa shape index (κ2) is 7.27. The van der Waals surface area contributed by atoms with E-state index >= 15 is 0 Å². The predicted molar refractivity (Wildman–Crippen MR) is 87.1 cm³/mol. The summed E-state index contributed by atoms with van der Waals surface area (Å²) in [5.41, 5.74) is 0.441. The van der Waals surface area contributed by atoms with Gasteiger partial charge in [0.2, 0.25) is 0 Å². The van der Waals surface area contributed by atoms with Crippen LogP contribution in [-0.4, -0.2) is 40.4 Å². The van der Waals surface area contributed by atoms with Crippen LogP contribution in [0.15, 0.2) is 11.0 Å². The van der Waals surface area contributed by atoms with E-state index in [1.807, 2.05) is 6.92 Å². The van der Waals surface area contributed by atoms with Crippen LogP contribution in [0.3, 0.4) is 0 Å². The van der Waals surface area contributed by atoms with Gasteiger partial charge in [0.05, 0.1) is 11.9 Å². The Morgan fingerprint density at radius 1 is 1.52 bits per heavy atom. The zero-order valence-electron chi connectivity index (χ0n) is 13.1. The van der Waals surface area contributed by atoms with E-state index in [2.05, 4.69) is 29.2 Å². The molecule has 118 valence electrons. The Kier molecular flexibility index (Phi) is 5.65. The Morgan fingerprint density at radius 3 is 2.90 bits per heavy atom. The van der Waals surface area contributed by atoms with Crippen molar-refractivity contribution in [3.05, 3.63) is 21.6 Å². The number of nitrogens with one attached hydrogen (secondary N) is 1. The first kappa shape index (κ1) is 16.3. The first-order chi connectivity index (χ1) is 10.0. The molecule has 0 saturated carbocycles. The minimum absolute atomic E-state index is 0.209. The molecule has 0 bridgehead atoms. The summed E-state index contributed by atoms with van der Waals surface area (Å²) in [4.78, 5) is 14.5. The fourth-order valence-electron chi connectivity index (χ4n) is 2.71. The van der Waals surface area contributed by atoms with Crippen LogP contribution in [0.25, 0.3) is 0 Å². The number of hydrogen-bond acceptors (Lipinski definition) is 4. The van der Waals surface area contributed by atoms with Crippen molar-refractivity contribution in [2.45, 2.75) is 46.2 Å². The third kappa shape index (κ3) is 3.98. The van der Waals surface area contributed by atoms with E-state index in [9.17, 15) is 4.79 Å². The zero-order chi connectivity index (χ0) is 15.4. The van der Waals surface area contributed by atoms with Gasteiger partial charge in [0, 0.05) is 25.7 Å². The van der Waals surface area contributed by atoms with E-state index in [-0.39, 0.29) is 10.6 Å². The standard InChI is InChI=1S/C15H25ClN4O/c1-4-6-20-15(21)14(16)13(9-18-20)17-8-12-5-7-19(10-12)11(2)3/h9,11-12,17H,4-8,10H2,1-3H3. The van der Waals surface area contributed by atoms with Crippen molar-refractivity contribution in [2.75, 3.05) is 25.0 Å². The zero-order valence-corrected chi connectivity index (χ0v) is 13.9. The number of anilines is 1. The fourth-order valence-corrected chi connectivity index (χ4v) is 2.93. The topological polar surface area (TPSA) is 50.2 Å². The van der Waals surface area contributed by atoms with E-state index in [0.717, 1.165) is 26.1 Å². The molecule has 1 aliphatic rings. The van der Waals surface area contributed by atoms with Crippen LogP contribution >= 0.6 is 11.6 Å². The molecule has 1 aromatic heterocycles. The number of halogens is 1. The van der Waals surface area contributed by atoms with Crippen LogP contribution < -0.4 is 10.9 Å². The number of hydrogen-bond donors (Lipinski definition) is 1. The van der Waals surface area contributed by atoms with Crippen molar-refractivity contribution in [3.8, 4) is 0 Å². The van der Waals surface area contributed by atoms with Gasteiger partial charge in [-0.15, -0.1) is 0 Å².